The van der Waals surface area contributed by atoms with Crippen LogP contribution in [0.4, 0.5) is 5.00 Å². The maximum Gasteiger partial charge on any atom is 0.341 e. The average molecular weight is 522 g/mol. The van der Waals surface area contributed by atoms with Crippen molar-refractivity contribution in [2.45, 2.75) is 51.7 Å². The summed E-state index contributed by atoms with van der Waals surface area (Å²) in [5.74, 6) is -0.453. The maximum absolute atomic E-state index is 12.7. The number of thioether (sulfide) groups is 1. The number of anilines is 1. The highest BCUT2D eigenvalue weighted by molar-refractivity contribution is 7.99. The predicted molar refractivity (Wildman–Crippen MR) is 136 cm³/mol. The molecule has 0 radical (unpaired) electrons. The van der Waals surface area contributed by atoms with E-state index in [2.05, 4.69) is 40.8 Å². The molecular weight excluding hydrogens is 494 g/mol. The van der Waals surface area contributed by atoms with Gasteiger partial charge in [0.15, 0.2) is 11.0 Å². The van der Waals surface area contributed by atoms with Gasteiger partial charge >= 0.3 is 5.97 Å². The minimum absolute atomic E-state index is 0.0369. The van der Waals surface area contributed by atoms with E-state index in [1.54, 1.807) is 18.3 Å². The van der Waals surface area contributed by atoms with Crippen LogP contribution in [0.2, 0.25) is 0 Å². The first-order chi connectivity index (χ1) is 16.0. The van der Waals surface area contributed by atoms with Crippen molar-refractivity contribution in [1.82, 2.24) is 14.8 Å². The number of amides is 2. The van der Waals surface area contributed by atoms with Crippen molar-refractivity contribution in [1.29, 1.82) is 0 Å². The number of rotatable bonds is 9. The molecule has 3 N–H and O–H groups in total. The largest absolute Gasteiger partial charge is 0.465 e. The van der Waals surface area contributed by atoms with Crippen molar-refractivity contribution in [3.8, 4) is 11.4 Å². The van der Waals surface area contributed by atoms with E-state index in [0.717, 1.165) is 22.7 Å². The molecular formula is C22H27N5O4S3. The number of thiophene rings is 2. The summed E-state index contributed by atoms with van der Waals surface area (Å²) < 4.78 is 6.81. The van der Waals surface area contributed by atoms with Crippen molar-refractivity contribution in [3.63, 3.8) is 0 Å². The van der Waals surface area contributed by atoms with E-state index in [4.69, 9.17) is 10.5 Å². The smallest absolute Gasteiger partial charge is 0.341 e. The maximum atomic E-state index is 12.7. The Morgan fingerprint density at radius 3 is 2.50 bits per heavy atom. The second-order valence-corrected chi connectivity index (χ2v) is 11.0. The van der Waals surface area contributed by atoms with E-state index >= 15 is 0 Å². The van der Waals surface area contributed by atoms with Gasteiger partial charge in [0, 0.05) is 21.9 Å². The summed E-state index contributed by atoms with van der Waals surface area (Å²) in [6.45, 7) is 9.96. The first-order valence-electron chi connectivity index (χ1n) is 10.5. The van der Waals surface area contributed by atoms with Crippen LogP contribution >= 0.6 is 34.4 Å². The lowest BCUT2D eigenvalue weighted by molar-refractivity contribution is -0.113. The monoisotopic (exact) mass is 521 g/mol. The highest BCUT2D eigenvalue weighted by atomic mass is 32.2. The van der Waals surface area contributed by atoms with Gasteiger partial charge in [0.25, 0.3) is 5.91 Å². The molecule has 3 heterocycles. The van der Waals surface area contributed by atoms with E-state index in [1.807, 2.05) is 18.4 Å². The quantitative estimate of drug-likeness (QED) is 0.308. The van der Waals surface area contributed by atoms with Crippen molar-refractivity contribution in [2.24, 2.45) is 5.73 Å². The van der Waals surface area contributed by atoms with Crippen molar-refractivity contribution < 1.29 is 19.1 Å². The number of nitrogens with two attached hydrogens (primary N) is 1. The lowest BCUT2D eigenvalue weighted by Gasteiger charge is -2.13. The van der Waals surface area contributed by atoms with Crippen LogP contribution in [0.1, 0.15) is 70.1 Å². The molecule has 12 heteroatoms. The lowest BCUT2D eigenvalue weighted by Crippen LogP contribution is -2.16. The van der Waals surface area contributed by atoms with E-state index in [9.17, 15) is 14.4 Å². The zero-order valence-electron chi connectivity index (χ0n) is 19.8. The summed E-state index contributed by atoms with van der Waals surface area (Å²) in [6.07, 6.45) is 0. The Balaban J connectivity index is 1.79. The molecule has 3 aromatic rings. The fourth-order valence-electron chi connectivity index (χ4n) is 3.29. The van der Waals surface area contributed by atoms with Gasteiger partial charge in [-0.15, -0.1) is 32.9 Å². The number of esters is 1. The van der Waals surface area contributed by atoms with Crippen LogP contribution in [0.25, 0.3) is 11.4 Å². The number of methoxy groups -OCH3 is 1. The molecule has 0 atom stereocenters. The molecule has 9 nitrogen and oxygen atoms in total. The molecule has 3 rings (SSSR count). The molecule has 0 aliphatic rings. The Labute approximate surface area is 210 Å². The molecule has 2 amide bonds. The van der Waals surface area contributed by atoms with Crippen molar-refractivity contribution in [3.05, 3.63) is 32.3 Å². The van der Waals surface area contributed by atoms with Gasteiger partial charge < -0.3 is 15.8 Å². The molecule has 0 aliphatic heterocycles. The summed E-state index contributed by atoms with van der Waals surface area (Å²) in [5.41, 5.74) is 6.92. The Hall–Kier alpha value is -2.70. The predicted octanol–water partition coefficient (Wildman–Crippen LogP) is 4.70. The summed E-state index contributed by atoms with van der Waals surface area (Å²) >= 11 is 3.89. The van der Waals surface area contributed by atoms with E-state index in [-0.39, 0.29) is 33.1 Å². The van der Waals surface area contributed by atoms with Crippen LogP contribution in [-0.2, 0) is 9.53 Å². The third kappa shape index (κ3) is 5.34. The van der Waals surface area contributed by atoms with Crippen molar-refractivity contribution in [2.75, 3.05) is 18.2 Å². The lowest BCUT2D eigenvalue weighted by atomic mass is 10.1. The molecule has 0 saturated heterocycles. The van der Waals surface area contributed by atoms with Crippen LogP contribution < -0.4 is 11.1 Å². The normalized spacial score (nSPS) is 11.3. The molecule has 0 aliphatic carbocycles. The number of hydrogen-bond donors (Lipinski definition) is 2. The molecule has 182 valence electrons. The first kappa shape index (κ1) is 25.9. The SMILES string of the molecule is COC(=O)c1c(NC(=O)CSc2nnc(-c3csc(C(C)C)c3)n2C(C)C)sc(C(N)=O)c1C. The van der Waals surface area contributed by atoms with Crippen LogP contribution in [0, 0.1) is 6.92 Å². The summed E-state index contributed by atoms with van der Waals surface area (Å²) in [6, 6.07) is 2.21. The minimum atomic E-state index is -0.672. The van der Waals surface area contributed by atoms with Crippen LogP contribution in [-0.4, -0.2) is 45.4 Å². The highest BCUT2D eigenvalue weighted by Crippen LogP contribution is 2.35. The highest BCUT2D eigenvalue weighted by Gasteiger charge is 2.26. The number of aromatic nitrogens is 3. The van der Waals surface area contributed by atoms with Gasteiger partial charge in [-0.1, -0.05) is 25.6 Å². The molecule has 3 aromatic heterocycles. The molecule has 0 bridgehead atoms. The molecule has 0 spiro atoms. The number of nitrogens with one attached hydrogen (secondary N) is 1. The zero-order valence-corrected chi connectivity index (χ0v) is 22.2. The molecule has 0 aromatic carbocycles. The fraction of sp³-hybridized carbons (Fsp3) is 0.409. The van der Waals surface area contributed by atoms with Gasteiger partial charge in [0.05, 0.1) is 23.3 Å². The van der Waals surface area contributed by atoms with E-state index in [1.165, 1.54) is 23.7 Å². The topological polar surface area (TPSA) is 129 Å². The van der Waals surface area contributed by atoms with E-state index < -0.39 is 11.9 Å². The van der Waals surface area contributed by atoms with Crippen LogP contribution in [0.3, 0.4) is 0 Å². The number of ether oxygens (including phenoxy) is 1. The van der Waals surface area contributed by atoms with Gasteiger partial charge in [0.1, 0.15) is 5.00 Å². The zero-order chi connectivity index (χ0) is 25.2. The van der Waals surface area contributed by atoms with Gasteiger partial charge in [0.2, 0.25) is 5.91 Å². The molecule has 0 unspecified atom stereocenters. The van der Waals surface area contributed by atoms with E-state index in [0.29, 0.717) is 16.6 Å². The van der Waals surface area contributed by atoms with Crippen LogP contribution in [0.5, 0.6) is 0 Å². The number of carbonyl (C=O) groups is 3. The van der Waals surface area contributed by atoms with Gasteiger partial charge in [-0.05, 0) is 38.3 Å². The standard InChI is InChI=1S/C22H27N5O4S3/c1-10(2)14-7-13(8-32-14)19-25-26-22(27(19)11(3)4)33-9-15(28)24-20-16(21(30)31-6)12(5)17(34-20)18(23)29/h7-8,10-11H,9H2,1-6H3,(H2,23,29)(H,24,28). The number of hydrogen-bond acceptors (Lipinski definition) is 9. The Morgan fingerprint density at radius 1 is 1.24 bits per heavy atom. The molecule has 34 heavy (non-hydrogen) atoms. The molecule has 0 saturated carbocycles. The summed E-state index contributed by atoms with van der Waals surface area (Å²) in [4.78, 5) is 38.1. The molecule has 0 fully saturated rings. The fourth-order valence-corrected chi connectivity index (χ4v) is 6.12. The Morgan fingerprint density at radius 2 is 1.94 bits per heavy atom. The third-order valence-corrected chi connectivity index (χ3v) is 8.37. The number of nitrogens with zero attached hydrogens (tertiary/aromatic N) is 3. The first-order valence-corrected chi connectivity index (χ1v) is 13.2. The number of carbonyl (C=O) groups excluding carboxylic acids is 3. The van der Waals surface area contributed by atoms with Crippen LogP contribution in [0.15, 0.2) is 16.6 Å². The van der Waals surface area contributed by atoms with Gasteiger partial charge in [-0.3, -0.25) is 14.2 Å². The third-order valence-electron chi connectivity index (χ3n) is 4.97. The summed E-state index contributed by atoms with van der Waals surface area (Å²) in [5, 5.41) is 14.3. The second kappa shape index (κ2) is 10.7. The summed E-state index contributed by atoms with van der Waals surface area (Å²) in [7, 11) is 1.23. The van der Waals surface area contributed by atoms with Gasteiger partial charge in [-0.25, -0.2) is 4.79 Å². The minimum Gasteiger partial charge on any atom is -0.465 e. The Kier molecular flexibility index (Phi) is 8.16. The van der Waals surface area contributed by atoms with Gasteiger partial charge in [-0.2, -0.15) is 0 Å². The second-order valence-electron chi connectivity index (χ2n) is 8.12. The van der Waals surface area contributed by atoms with Crippen molar-refractivity contribution >= 4 is 57.2 Å². The Bertz CT molecular complexity index is 1230. The average Bonchev–Trinajstić information content (AvgIpc) is 3.48. The number of primary amides is 1.